The van der Waals surface area contributed by atoms with Gasteiger partial charge in [0.2, 0.25) is 5.91 Å². The van der Waals surface area contributed by atoms with Gasteiger partial charge in [0.05, 0.1) is 5.92 Å². The summed E-state index contributed by atoms with van der Waals surface area (Å²) in [4.78, 5) is 22.7. The van der Waals surface area contributed by atoms with E-state index >= 15 is 0 Å². The van der Waals surface area contributed by atoms with E-state index in [0.29, 0.717) is 12.2 Å². The highest BCUT2D eigenvalue weighted by Crippen LogP contribution is 2.22. The summed E-state index contributed by atoms with van der Waals surface area (Å²) in [5.41, 5.74) is 0.152. The second kappa shape index (κ2) is 5.05. The Kier molecular flexibility index (Phi) is 3.47. The minimum atomic E-state index is -1.23. The minimum absolute atomic E-state index is 0.0907. The zero-order valence-electron chi connectivity index (χ0n) is 9.64. The van der Waals surface area contributed by atoms with E-state index in [1.807, 2.05) is 0 Å². The van der Waals surface area contributed by atoms with Gasteiger partial charge in [-0.15, -0.1) is 0 Å². The van der Waals surface area contributed by atoms with Crippen LogP contribution >= 0.6 is 0 Å². The van der Waals surface area contributed by atoms with Crippen molar-refractivity contribution in [1.29, 1.82) is 0 Å². The van der Waals surface area contributed by atoms with Gasteiger partial charge in [-0.1, -0.05) is 0 Å². The molecule has 1 aliphatic rings. The third-order valence-corrected chi connectivity index (χ3v) is 2.93. The molecule has 1 amide bonds. The molecule has 0 bridgehead atoms. The van der Waals surface area contributed by atoms with Crippen molar-refractivity contribution in [3.8, 4) is 5.75 Å². The average Bonchev–Trinajstić information content (AvgIpc) is 2.85. The second-order valence-corrected chi connectivity index (χ2v) is 4.22. The molecule has 96 valence electrons. The third kappa shape index (κ3) is 2.60. The molecule has 6 heteroatoms. The fourth-order valence-electron chi connectivity index (χ4n) is 1.91. The number of benzene rings is 1. The molecule has 1 heterocycles. The number of carbonyl (C=O) groups is 2. The molecule has 18 heavy (non-hydrogen) atoms. The van der Waals surface area contributed by atoms with Crippen LogP contribution in [-0.4, -0.2) is 35.2 Å². The van der Waals surface area contributed by atoms with Gasteiger partial charge in [-0.2, -0.15) is 0 Å². The van der Waals surface area contributed by atoms with E-state index in [0.717, 1.165) is 13.0 Å². The van der Waals surface area contributed by atoms with Crippen LogP contribution in [0.15, 0.2) is 18.2 Å². The number of phenols is 1. The smallest absolute Gasteiger partial charge is 0.339 e. The highest BCUT2D eigenvalue weighted by atomic mass is 16.4. The van der Waals surface area contributed by atoms with Crippen LogP contribution in [0.2, 0.25) is 0 Å². The van der Waals surface area contributed by atoms with E-state index in [9.17, 15) is 14.7 Å². The zero-order valence-corrected chi connectivity index (χ0v) is 9.64. The van der Waals surface area contributed by atoms with Gasteiger partial charge in [0.1, 0.15) is 11.3 Å². The Morgan fingerprint density at radius 2 is 2.17 bits per heavy atom. The Labute approximate surface area is 104 Å². The van der Waals surface area contributed by atoms with Gasteiger partial charge in [-0.05, 0) is 31.2 Å². The highest BCUT2D eigenvalue weighted by molar-refractivity contribution is 5.96. The van der Waals surface area contributed by atoms with E-state index in [-0.39, 0.29) is 23.1 Å². The summed E-state index contributed by atoms with van der Waals surface area (Å²) in [5, 5.41) is 23.9. The van der Waals surface area contributed by atoms with Crippen LogP contribution in [0.3, 0.4) is 0 Å². The van der Waals surface area contributed by atoms with Gasteiger partial charge in [0, 0.05) is 12.2 Å². The van der Waals surface area contributed by atoms with Crippen molar-refractivity contribution in [2.75, 3.05) is 18.4 Å². The van der Waals surface area contributed by atoms with Crippen LogP contribution < -0.4 is 10.6 Å². The number of aromatic carboxylic acids is 1. The van der Waals surface area contributed by atoms with Crippen LogP contribution in [0.4, 0.5) is 5.69 Å². The fraction of sp³-hybridized carbons (Fsp3) is 0.333. The molecule has 1 fully saturated rings. The lowest BCUT2D eigenvalue weighted by molar-refractivity contribution is -0.119. The standard InChI is InChI=1S/C12H14N2O4/c15-10-2-1-8(5-9(10)12(17)18)14-11(16)7-3-4-13-6-7/h1-2,5,7,13,15H,3-4,6H2,(H,14,16)(H,17,18). The van der Waals surface area contributed by atoms with Crippen molar-refractivity contribution in [2.24, 2.45) is 5.92 Å². The first-order valence-electron chi connectivity index (χ1n) is 5.66. The Balaban J connectivity index is 2.11. The highest BCUT2D eigenvalue weighted by Gasteiger charge is 2.22. The number of rotatable bonds is 3. The molecule has 6 nitrogen and oxygen atoms in total. The Morgan fingerprint density at radius 3 is 2.78 bits per heavy atom. The zero-order chi connectivity index (χ0) is 13.1. The number of carboxylic acid groups (broad SMARTS) is 1. The van der Waals surface area contributed by atoms with Gasteiger partial charge < -0.3 is 20.8 Å². The molecular weight excluding hydrogens is 236 g/mol. The maximum absolute atomic E-state index is 11.8. The second-order valence-electron chi connectivity index (χ2n) is 4.22. The van der Waals surface area contributed by atoms with E-state index in [1.54, 1.807) is 0 Å². The number of anilines is 1. The van der Waals surface area contributed by atoms with Crippen LogP contribution in [0.1, 0.15) is 16.8 Å². The third-order valence-electron chi connectivity index (χ3n) is 2.93. The molecule has 1 aromatic carbocycles. The summed E-state index contributed by atoms with van der Waals surface area (Å²) < 4.78 is 0. The lowest BCUT2D eigenvalue weighted by Crippen LogP contribution is -2.24. The Bertz CT molecular complexity index is 481. The number of nitrogens with one attached hydrogen (secondary N) is 2. The van der Waals surface area contributed by atoms with Crippen molar-refractivity contribution < 1.29 is 19.8 Å². The summed E-state index contributed by atoms with van der Waals surface area (Å²) >= 11 is 0. The molecule has 0 spiro atoms. The van der Waals surface area contributed by atoms with Crippen LogP contribution in [-0.2, 0) is 4.79 Å². The van der Waals surface area contributed by atoms with Crippen molar-refractivity contribution in [3.05, 3.63) is 23.8 Å². The molecule has 4 N–H and O–H groups in total. The van der Waals surface area contributed by atoms with E-state index in [1.165, 1.54) is 18.2 Å². The minimum Gasteiger partial charge on any atom is -0.507 e. The van der Waals surface area contributed by atoms with Crippen molar-refractivity contribution in [2.45, 2.75) is 6.42 Å². The summed E-state index contributed by atoms with van der Waals surface area (Å²) in [6, 6.07) is 3.98. The Morgan fingerprint density at radius 1 is 1.39 bits per heavy atom. The van der Waals surface area contributed by atoms with E-state index in [4.69, 9.17) is 5.11 Å². The topological polar surface area (TPSA) is 98.7 Å². The SMILES string of the molecule is O=C(O)c1cc(NC(=O)C2CCNC2)ccc1O. The summed E-state index contributed by atoms with van der Waals surface area (Å²) in [7, 11) is 0. The monoisotopic (exact) mass is 250 g/mol. The maximum atomic E-state index is 11.8. The molecule has 0 aromatic heterocycles. The summed E-state index contributed by atoms with van der Waals surface area (Å²) in [6.45, 7) is 1.45. The first-order chi connectivity index (χ1) is 8.58. The number of amides is 1. The van der Waals surface area contributed by atoms with Crippen LogP contribution in [0, 0.1) is 5.92 Å². The van der Waals surface area contributed by atoms with Gasteiger partial charge >= 0.3 is 5.97 Å². The van der Waals surface area contributed by atoms with Gasteiger partial charge in [-0.3, -0.25) is 4.79 Å². The summed E-state index contributed by atoms with van der Waals surface area (Å²) in [6.07, 6.45) is 0.774. The number of aromatic hydroxyl groups is 1. The molecule has 2 rings (SSSR count). The Hall–Kier alpha value is -2.08. The number of carboxylic acids is 1. The maximum Gasteiger partial charge on any atom is 0.339 e. The number of hydrogen-bond acceptors (Lipinski definition) is 4. The van der Waals surface area contributed by atoms with Gasteiger partial charge in [0.15, 0.2) is 0 Å². The predicted octanol–water partition coefficient (Wildman–Crippen LogP) is 0.638. The fourth-order valence-corrected chi connectivity index (χ4v) is 1.91. The van der Waals surface area contributed by atoms with E-state index in [2.05, 4.69) is 10.6 Å². The molecule has 1 aromatic rings. The number of carbonyl (C=O) groups excluding carboxylic acids is 1. The van der Waals surface area contributed by atoms with Crippen molar-refractivity contribution in [1.82, 2.24) is 5.32 Å². The first-order valence-corrected chi connectivity index (χ1v) is 5.66. The molecule has 1 unspecified atom stereocenters. The molecule has 0 radical (unpaired) electrons. The van der Waals surface area contributed by atoms with Crippen molar-refractivity contribution >= 4 is 17.6 Å². The quantitative estimate of drug-likeness (QED) is 0.590. The lowest BCUT2D eigenvalue weighted by Gasteiger charge is -2.10. The average molecular weight is 250 g/mol. The summed E-state index contributed by atoms with van der Waals surface area (Å²) in [5.74, 6) is -1.77. The molecule has 1 atom stereocenters. The predicted molar refractivity (Wildman–Crippen MR) is 64.7 cm³/mol. The lowest BCUT2D eigenvalue weighted by atomic mass is 10.1. The van der Waals surface area contributed by atoms with E-state index < -0.39 is 5.97 Å². The number of hydrogen-bond donors (Lipinski definition) is 4. The van der Waals surface area contributed by atoms with Crippen molar-refractivity contribution in [3.63, 3.8) is 0 Å². The molecular formula is C12H14N2O4. The largest absolute Gasteiger partial charge is 0.507 e. The molecule has 1 saturated heterocycles. The normalized spacial score (nSPS) is 18.6. The molecule has 1 aliphatic heterocycles. The van der Waals surface area contributed by atoms with Gasteiger partial charge in [-0.25, -0.2) is 4.79 Å². The van der Waals surface area contributed by atoms with Gasteiger partial charge in [0.25, 0.3) is 0 Å². The first kappa shape index (κ1) is 12.4. The van der Waals surface area contributed by atoms with Crippen LogP contribution in [0.25, 0.3) is 0 Å². The molecule has 0 aliphatic carbocycles. The molecule has 0 saturated carbocycles. The van der Waals surface area contributed by atoms with Crippen LogP contribution in [0.5, 0.6) is 5.75 Å².